The molecule has 7 nitrogen and oxygen atoms in total. The van der Waals surface area contributed by atoms with Crippen LogP contribution in [-0.4, -0.2) is 34.7 Å². The fourth-order valence-corrected chi connectivity index (χ4v) is 2.88. The average molecular weight is 400 g/mol. The molecule has 0 unspecified atom stereocenters. The summed E-state index contributed by atoms with van der Waals surface area (Å²) in [5.41, 5.74) is 7.01. The van der Waals surface area contributed by atoms with E-state index in [0.29, 0.717) is 37.8 Å². The minimum absolute atomic E-state index is 0.316. The molecule has 154 valence electrons. The highest BCUT2D eigenvalue weighted by atomic mass is 19.1. The Morgan fingerprint density at radius 1 is 1.24 bits per heavy atom. The van der Waals surface area contributed by atoms with Gasteiger partial charge in [-0.15, -0.1) is 0 Å². The van der Waals surface area contributed by atoms with Gasteiger partial charge in [-0.3, -0.25) is 10.1 Å². The number of primary amides is 1. The zero-order valence-electron chi connectivity index (χ0n) is 16.5. The van der Waals surface area contributed by atoms with Crippen LogP contribution in [0, 0.1) is 5.82 Å². The van der Waals surface area contributed by atoms with Crippen LogP contribution in [-0.2, 0) is 22.6 Å². The molecule has 0 radical (unpaired) electrons. The monoisotopic (exact) mass is 400 g/mol. The molecule has 1 amide bonds. The molecule has 0 aliphatic carbocycles. The number of benzene rings is 2. The third kappa shape index (κ3) is 5.30. The smallest absolute Gasteiger partial charge is 0.234 e. The summed E-state index contributed by atoms with van der Waals surface area (Å²) in [5, 5.41) is 3.08. The first kappa shape index (κ1) is 20.8. The maximum atomic E-state index is 13.1. The third-order valence-corrected chi connectivity index (χ3v) is 4.50. The summed E-state index contributed by atoms with van der Waals surface area (Å²) in [6.07, 6.45) is 0. The molecule has 0 fully saturated rings. The second-order valence-electron chi connectivity index (χ2n) is 6.59. The molecule has 3 rings (SSSR count). The molecule has 3 aromatic rings. The lowest BCUT2D eigenvalue weighted by Gasteiger charge is -2.13. The number of carbonyl (C=O) groups is 1. The minimum atomic E-state index is -0.465. The number of nitrogens with two attached hydrogens (primary N) is 1. The molecular weight excluding hydrogens is 375 g/mol. The maximum Gasteiger partial charge on any atom is 0.234 e. The number of rotatable bonds is 10. The number of nitrogens with zero attached hydrogens (tertiary/aromatic N) is 2. The van der Waals surface area contributed by atoms with Crippen molar-refractivity contribution in [2.45, 2.75) is 33.0 Å². The Morgan fingerprint density at radius 2 is 1.97 bits per heavy atom. The Labute approximate surface area is 168 Å². The molecule has 0 saturated heterocycles. The highest BCUT2D eigenvalue weighted by Gasteiger charge is 2.14. The van der Waals surface area contributed by atoms with Crippen molar-refractivity contribution in [1.29, 1.82) is 0 Å². The molecule has 1 aromatic heterocycles. The van der Waals surface area contributed by atoms with Gasteiger partial charge in [0.25, 0.3) is 0 Å². The van der Waals surface area contributed by atoms with Crippen molar-refractivity contribution in [1.82, 2.24) is 14.9 Å². The molecule has 0 aliphatic heterocycles. The number of carbonyl (C=O) groups excluding carboxylic acids is 1. The van der Waals surface area contributed by atoms with E-state index in [1.165, 1.54) is 12.1 Å². The van der Waals surface area contributed by atoms with Crippen molar-refractivity contribution >= 4 is 16.9 Å². The van der Waals surface area contributed by atoms with Crippen molar-refractivity contribution in [2.24, 2.45) is 5.73 Å². The Bertz CT molecular complexity index is 972. The van der Waals surface area contributed by atoms with Gasteiger partial charge in [-0.1, -0.05) is 0 Å². The van der Waals surface area contributed by atoms with Crippen LogP contribution in [0.3, 0.4) is 0 Å². The van der Waals surface area contributed by atoms with Gasteiger partial charge in [-0.2, -0.15) is 0 Å². The van der Waals surface area contributed by atoms with Crippen LogP contribution < -0.4 is 15.8 Å². The van der Waals surface area contributed by atoms with E-state index in [0.717, 1.165) is 16.9 Å². The van der Waals surface area contributed by atoms with Crippen molar-refractivity contribution in [3.63, 3.8) is 0 Å². The number of imidazole rings is 1. The van der Waals surface area contributed by atoms with Gasteiger partial charge in [0, 0.05) is 19.2 Å². The van der Waals surface area contributed by atoms with Crippen LogP contribution in [0.15, 0.2) is 42.5 Å². The first-order chi connectivity index (χ1) is 14.0. The summed E-state index contributed by atoms with van der Waals surface area (Å²) in [6.45, 7) is 5.80. The predicted octanol–water partition coefficient (Wildman–Crippen LogP) is 2.97. The second kappa shape index (κ2) is 9.49. The molecular formula is C21H25FN4O3. The molecule has 0 saturated carbocycles. The van der Waals surface area contributed by atoms with Gasteiger partial charge in [0.1, 0.15) is 23.1 Å². The summed E-state index contributed by atoms with van der Waals surface area (Å²) in [4.78, 5) is 16.0. The Kier molecular flexibility index (Phi) is 6.79. The lowest BCUT2D eigenvalue weighted by molar-refractivity contribution is -0.119. The molecule has 0 bridgehead atoms. The van der Waals surface area contributed by atoms with Gasteiger partial charge >= 0.3 is 0 Å². The minimum Gasteiger partial charge on any atom is -0.457 e. The average Bonchev–Trinajstić information content (AvgIpc) is 3.05. The van der Waals surface area contributed by atoms with Gasteiger partial charge in [-0.05, 0) is 50.2 Å². The molecule has 0 aliphatic rings. The van der Waals surface area contributed by atoms with Gasteiger partial charge in [-0.25, -0.2) is 9.37 Å². The third-order valence-electron chi connectivity index (χ3n) is 4.50. The van der Waals surface area contributed by atoms with E-state index in [9.17, 15) is 9.18 Å². The summed E-state index contributed by atoms with van der Waals surface area (Å²) < 4.78 is 26.5. The highest BCUT2D eigenvalue weighted by Crippen LogP contribution is 2.26. The lowest BCUT2D eigenvalue weighted by atomic mass is 10.3. The van der Waals surface area contributed by atoms with Crippen molar-refractivity contribution in [2.75, 3.05) is 13.2 Å². The van der Waals surface area contributed by atoms with E-state index < -0.39 is 11.9 Å². The van der Waals surface area contributed by atoms with Crippen LogP contribution in [0.2, 0.25) is 0 Å². The summed E-state index contributed by atoms with van der Waals surface area (Å²) in [7, 11) is 0. The standard InChI is InChI=1S/C21H25FN4O3/c1-3-28-11-10-26-19-12-17(29-16-6-4-15(22)5-7-16)8-9-18(19)25-20(26)13-24-14(2)21(23)27/h4-9,12,14,24H,3,10-11,13H2,1-2H3,(H2,23,27)/t14-/m1/s1. The van der Waals surface area contributed by atoms with Crippen LogP contribution in [0.5, 0.6) is 11.5 Å². The van der Waals surface area contributed by atoms with Crippen LogP contribution in [0.25, 0.3) is 11.0 Å². The van der Waals surface area contributed by atoms with Crippen LogP contribution in [0.4, 0.5) is 4.39 Å². The summed E-state index contributed by atoms with van der Waals surface area (Å²) in [6, 6.07) is 11.0. The van der Waals surface area contributed by atoms with Gasteiger partial charge < -0.3 is 19.8 Å². The van der Waals surface area contributed by atoms with Crippen molar-refractivity contribution < 1.29 is 18.7 Å². The van der Waals surface area contributed by atoms with Crippen molar-refractivity contribution in [3.8, 4) is 11.5 Å². The quantitative estimate of drug-likeness (QED) is 0.511. The first-order valence-electron chi connectivity index (χ1n) is 9.51. The van der Waals surface area contributed by atoms with Gasteiger partial charge in [0.2, 0.25) is 5.91 Å². The van der Waals surface area contributed by atoms with Gasteiger partial charge in [0.05, 0.1) is 30.2 Å². The van der Waals surface area contributed by atoms with E-state index in [1.807, 2.05) is 29.7 Å². The van der Waals surface area contributed by atoms with E-state index in [4.69, 9.17) is 15.2 Å². The lowest BCUT2D eigenvalue weighted by Crippen LogP contribution is -2.38. The largest absolute Gasteiger partial charge is 0.457 e. The Morgan fingerprint density at radius 3 is 2.66 bits per heavy atom. The Balaban J connectivity index is 1.88. The number of halogens is 1. The summed E-state index contributed by atoms with van der Waals surface area (Å²) >= 11 is 0. The van der Waals surface area contributed by atoms with E-state index >= 15 is 0 Å². The fraction of sp³-hybridized carbons (Fsp3) is 0.333. The van der Waals surface area contributed by atoms with E-state index in [1.54, 1.807) is 19.1 Å². The SMILES string of the molecule is CCOCCn1c(CN[C@H](C)C(N)=O)nc2ccc(Oc3ccc(F)cc3)cc21. The number of fused-ring (bicyclic) bond motifs is 1. The first-order valence-corrected chi connectivity index (χ1v) is 9.51. The molecule has 8 heteroatoms. The Hall–Kier alpha value is -2.97. The maximum absolute atomic E-state index is 13.1. The van der Waals surface area contributed by atoms with Crippen LogP contribution in [0.1, 0.15) is 19.7 Å². The van der Waals surface area contributed by atoms with E-state index in [-0.39, 0.29) is 5.82 Å². The fourth-order valence-electron chi connectivity index (χ4n) is 2.88. The normalized spacial score (nSPS) is 12.2. The number of ether oxygens (including phenoxy) is 2. The second-order valence-corrected chi connectivity index (χ2v) is 6.59. The topological polar surface area (TPSA) is 91.4 Å². The summed E-state index contributed by atoms with van der Waals surface area (Å²) in [5.74, 6) is 1.20. The number of amides is 1. The molecule has 1 atom stereocenters. The van der Waals surface area contributed by atoms with Crippen molar-refractivity contribution in [3.05, 3.63) is 54.1 Å². The molecule has 0 spiro atoms. The highest BCUT2D eigenvalue weighted by molar-refractivity contribution is 5.79. The number of nitrogens with one attached hydrogen (secondary N) is 1. The number of hydrogen-bond donors (Lipinski definition) is 2. The molecule has 1 heterocycles. The molecule has 29 heavy (non-hydrogen) atoms. The zero-order valence-corrected chi connectivity index (χ0v) is 16.5. The molecule has 2 aromatic carbocycles. The predicted molar refractivity (Wildman–Crippen MR) is 108 cm³/mol. The molecule has 3 N–H and O–H groups in total. The number of aromatic nitrogens is 2. The zero-order chi connectivity index (χ0) is 20.8. The van der Waals surface area contributed by atoms with E-state index in [2.05, 4.69) is 10.3 Å². The van der Waals surface area contributed by atoms with Gasteiger partial charge in [0.15, 0.2) is 0 Å². The number of hydrogen-bond acceptors (Lipinski definition) is 5. The van der Waals surface area contributed by atoms with Crippen LogP contribution >= 0.6 is 0 Å².